The maximum Gasteiger partial charge on any atom is 0.309 e. The molecule has 1 aromatic rings. The standard InChI is InChI=1S/C9H12N2O4/c1-15-5-4-11-8(12)3-2-7(10-11)6-9(13)14/h2-3H,4-6H2,1H3,(H,13,14). The molecule has 82 valence electrons. The lowest BCUT2D eigenvalue weighted by atomic mass is 10.3. The molecule has 0 unspecified atom stereocenters. The van der Waals surface area contributed by atoms with Crippen LogP contribution in [0.5, 0.6) is 0 Å². The van der Waals surface area contributed by atoms with Gasteiger partial charge >= 0.3 is 5.97 Å². The summed E-state index contributed by atoms with van der Waals surface area (Å²) in [6.07, 6.45) is -0.187. The molecule has 0 aliphatic rings. The van der Waals surface area contributed by atoms with Crippen LogP contribution in [0.3, 0.4) is 0 Å². The quantitative estimate of drug-likeness (QED) is 0.712. The highest BCUT2D eigenvalue weighted by atomic mass is 16.5. The second kappa shape index (κ2) is 5.26. The van der Waals surface area contributed by atoms with Crippen LogP contribution < -0.4 is 5.56 Å². The maximum atomic E-state index is 11.3. The fraction of sp³-hybridized carbons (Fsp3) is 0.444. The van der Waals surface area contributed by atoms with Crippen molar-refractivity contribution in [3.63, 3.8) is 0 Å². The minimum absolute atomic E-state index is 0.187. The Morgan fingerprint density at radius 1 is 1.60 bits per heavy atom. The van der Waals surface area contributed by atoms with Gasteiger partial charge in [-0.2, -0.15) is 5.10 Å². The summed E-state index contributed by atoms with van der Waals surface area (Å²) in [5.74, 6) is -0.973. The van der Waals surface area contributed by atoms with Crippen molar-refractivity contribution in [3.8, 4) is 0 Å². The molecule has 0 fully saturated rings. The number of nitrogens with zero attached hydrogens (tertiary/aromatic N) is 2. The van der Waals surface area contributed by atoms with E-state index in [-0.39, 0.29) is 12.0 Å². The molecule has 0 atom stereocenters. The van der Waals surface area contributed by atoms with E-state index in [0.29, 0.717) is 18.8 Å². The van der Waals surface area contributed by atoms with Crippen molar-refractivity contribution in [1.82, 2.24) is 9.78 Å². The molecule has 6 nitrogen and oxygen atoms in total. The van der Waals surface area contributed by atoms with Gasteiger partial charge in [0.15, 0.2) is 0 Å². The number of carboxylic acids is 1. The van der Waals surface area contributed by atoms with E-state index in [4.69, 9.17) is 9.84 Å². The van der Waals surface area contributed by atoms with Crippen molar-refractivity contribution in [3.05, 3.63) is 28.2 Å². The van der Waals surface area contributed by atoms with Crippen LogP contribution in [0.2, 0.25) is 0 Å². The zero-order valence-corrected chi connectivity index (χ0v) is 8.34. The number of rotatable bonds is 5. The second-order valence-electron chi connectivity index (χ2n) is 2.95. The van der Waals surface area contributed by atoms with Crippen LogP contribution in [0.1, 0.15) is 5.69 Å². The molecule has 1 heterocycles. The third-order valence-corrected chi connectivity index (χ3v) is 1.76. The van der Waals surface area contributed by atoms with Crippen LogP contribution in [0.4, 0.5) is 0 Å². The lowest BCUT2D eigenvalue weighted by Gasteiger charge is -2.04. The third-order valence-electron chi connectivity index (χ3n) is 1.76. The van der Waals surface area contributed by atoms with Crippen molar-refractivity contribution < 1.29 is 14.6 Å². The predicted octanol–water partition coefficient (Wildman–Crippen LogP) is -0.483. The Labute approximate surface area is 86.1 Å². The molecule has 0 aliphatic carbocycles. The van der Waals surface area contributed by atoms with E-state index in [2.05, 4.69) is 5.10 Å². The summed E-state index contributed by atoms with van der Waals surface area (Å²) in [5, 5.41) is 12.4. The highest BCUT2D eigenvalue weighted by Gasteiger charge is 2.04. The van der Waals surface area contributed by atoms with Crippen molar-refractivity contribution in [2.24, 2.45) is 0 Å². The predicted molar refractivity (Wildman–Crippen MR) is 51.7 cm³/mol. The first-order valence-corrected chi connectivity index (χ1v) is 4.41. The first-order chi connectivity index (χ1) is 7.13. The summed E-state index contributed by atoms with van der Waals surface area (Å²) in [6.45, 7) is 0.687. The smallest absolute Gasteiger partial charge is 0.309 e. The number of aromatic nitrogens is 2. The molecule has 1 rings (SSSR count). The topological polar surface area (TPSA) is 81.4 Å². The molecular weight excluding hydrogens is 200 g/mol. The van der Waals surface area contributed by atoms with Crippen molar-refractivity contribution in [2.45, 2.75) is 13.0 Å². The minimum atomic E-state index is -0.973. The highest BCUT2D eigenvalue weighted by Crippen LogP contribution is 1.92. The summed E-state index contributed by atoms with van der Waals surface area (Å²) in [4.78, 5) is 21.7. The van der Waals surface area contributed by atoms with Crippen LogP contribution in [-0.2, 0) is 22.5 Å². The lowest BCUT2D eigenvalue weighted by molar-refractivity contribution is -0.136. The van der Waals surface area contributed by atoms with Gasteiger partial charge in [0, 0.05) is 13.2 Å². The van der Waals surface area contributed by atoms with Crippen LogP contribution >= 0.6 is 0 Å². The molecular formula is C9H12N2O4. The molecule has 0 aliphatic heterocycles. The second-order valence-corrected chi connectivity index (χ2v) is 2.95. The summed E-state index contributed by atoms with van der Waals surface area (Å²) in [7, 11) is 1.52. The van der Waals surface area contributed by atoms with E-state index in [0.717, 1.165) is 0 Å². The summed E-state index contributed by atoms with van der Waals surface area (Å²) in [5.41, 5.74) is 0.0967. The summed E-state index contributed by atoms with van der Waals surface area (Å²) < 4.78 is 6.00. The Bertz CT molecular complexity index is 399. The van der Waals surface area contributed by atoms with Gasteiger partial charge in [-0.3, -0.25) is 9.59 Å². The van der Waals surface area contributed by atoms with Gasteiger partial charge in [-0.25, -0.2) is 4.68 Å². The molecule has 0 saturated carbocycles. The zero-order valence-electron chi connectivity index (χ0n) is 8.34. The van der Waals surface area contributed by atoms with Crippen molar-refractivity contribution >= 4 is 5.97 Å². The number of hydrogen-bond donors (Lipinski definition) is 1. The van der Waals surface area contributed by atoms with E-state index in [1.807, 2.05) is 0 Å². The molecule has 1 N–H and O–H groups in total. The molecule has 1 aromatic heterocycles. The number of methoxy groups -OCH3 is 1. The fourth-order valence-electron chi connectivity index (χ4n) is 1.08. The van der Waals surface area contributed by atoms with Crippen molar-refractivity contribution in [2.75, 3.05) is 13.7 Å². The van der Waals surface area contributed by atoms with E-state index in [9.17, 15) is 9.59 Å². The number of carboxylic acid groups (broad SMARTS) is 1. The SMILES string of the molecule is COCCn1nc(CC(=O)O)ccc1=O. The molecule has 0 aromatic carbocycles. The van der Waals surface area contributed by atoms with Crippen molar-refractivity contribution in [1.29, 1.82) is 0 Å². The Kier molecular flexibility index (Phi) is 3.99. The number of ether oxygens (including phenoxy) is 1. The normalized spacial score (nSPS) is 10.2. The Morgan fingerprint density at radius 3 is 2.93 bits per heavy atom. The third kappa shape index (κ3) is 3.51. The van der Waals surface area contributed by atoms with Gasteiger partial charge in [0.05, 0.1) is 25.3 Å². The van der Waals surface area contributed by atoms with Gasteiger partial charge in [0.2, 0.25) is 0 Å². The first kappa shape index (κ1) is 11.4. The number of hydrogen-bond acceptors (Lipinski definition) is 4. The molecule has 0 saturated heterocycles. The maximum absolute atomic E-state index is 11.3. The minimum Gasteiger partial charge on any atom is -0.481 e. The average Bonchev–Trinajstić information content (AvgIpc) is 2.18. The molecule has 0 bridgehead atoms. The van der Waals surface area contributed by atoms with E-state index in [1.165, 1.54) is 23.9 Å². The molecule has 0 amide bonds. The lowest BCUT2D eigenvalue weighted by Crippen LogP contribution is -2.25. The summed E-state index contributed by atoms with van der Waals surface area (Å²) in [6, 6.07) is 2.72. The van der Waals surface area contributed by atoms with Crippen LogP contribution in [0, 0.1) is 0 Å². The molecule has 0 spiro atoms. The summed E-state index contributed by atoms with van der Waals surface area (Å²) >= 11 is 0. The van der Waals surface area contributed by atoms with Gasteiger partial charge in [0.1, 0.15) is 0 Å². The van der Waals surface area contributed by atoms with Gasteiger partial charge < -0.3 is 9.84 Å². The van der Waals surface area contributed by atoms with Gasteiger partial charge in [-0.1, -0.05) is 0 Å². The average molecular weight is 212 g/mol. The highest BCUT2D eigenvalue weighted by molar-refractivity contribution is 5.69. The van der Waals surface area contributed by atoms with Gasteiger partial charge in [-0.05, 0) is 6.07 Å². The van der Waals surface area contributed by atoms with Crippen LogP contribution in [-0.4, -0.2) is 34.6 Å². The van der Waals surface area contributed by atoms with Gasteiger partial charge in [0.25, 0.3) is 5.56 Å². The fourth-order valence-corrected chi connectivity index (χ4v) is 1.08. The Hall–Kier alpha value is -1.69. The monoisotopic (exact) mass is 212 g/mol. The number of carbonyl (C=O) groups is 1. The Morgan fingerprint density at radius 2 is 2.33 bits per heavy atom. The zero-order chi connectivity index (χ0) is 11.3. The molecule has 15 heavy (non-hydrogen) atoms. The van der Waals surface area contributed by atoms with Gasteiger partial charge in [-0.15, -0.1) is 0 Å². The van der Waals surface area contributed by atoms with Crippen LogP contribution in [0.15, 0.2) is 16.9 Å². The largest absolute Gasteiger partial charge is 0.481 e. The molecule has 0 radical (unpaired) electrons. The van der Waals surface area contributed by atoms with E-state index < -0.39 is 5.97 Å². The Balaban J connectivity index is 2.84. The van der Waals surface area contributed by atoms with Crippen LogP contribution in [0.25, 0.3) is 0 Å². The molecule has 6 heteroatoms. The van der Waals surface area contributed by atoms with E-state index >= 15 is 0 Å². The first-order valence-electron chi connectivity index (χ1n) is 4.41. The number of aliphatic carboxylic acids is 1. The van der Waals surface area contributed by atoms with E-state index in [1.54, 1.807) is 0 Å².